The summed E-state index contributed by atoms with van der Waals surface area (Å²) in [7, 11) is 1.86. The summed E-state index contributed by atoms with van der Waals surface area (Å²) in [5.74, 6) is 2.51. The van der Waals surface area contributed by atoms with Crippen molar-refractivity contribution in [2.24, 2.45) is 23.2 Å². The molecule has 5 rings (SSSR count). The smallest absolute Gasteiger partial charge is 0.319 e. The summed E-state index contributed by atoms with van der Waals surface area (Å²) in [6.07, 6.45) is 9.47. The Kier molecular flexibility index (Phi) is 3.17. The molecule has 118 valence electrons. The van der Waals surface area contributed by atoms with Gasteiger partial charge in [-0.05, 0) is 67.8 Å². The van der Waals surface area contributed by atoms with Crippen LogP contribution in [0.1, 0.15) is 49.0 Å². The van der Waals surface area contributed by atoms with E-state index in [9.17, 15) is 10.0 Å². The van der Waals surface area contributed by atoms with Gasteiger partial charge in [0.2, 0.25) is 0 Å². The second-order valence-corrected chi connectivity index (χ2v) is 7.99. The molecule has 4 nitrogen and oxygen atoms in total. The summed E-state index contributed by atoms with van der Waals surface area (Å²) >= 11 is 0. The van der Waals surface area contributed by atoms with Gasteiger partial charge in [0, 0.05) is 25.7 Å². The summed E-state index contributed by atoms with van der Waals surface area (Å²) in [6.45, 7) is 0.810. The Balaban J connectivity index is 1.51. The first-order chi connectivity index (χ1) is 10.5. The zero-order chi connectivity index (χ0) is 15.3. The lowest BCUT2D eigenvalue weighted by Gasteiger charge is -2.57. The lowest BCUT2D eigenvalue weighted by molar-refractivity contribution is -0.608. The Morgan fingerprint density at radius 2 is 1.82 bits per heavy atom. The highest BCUT2D eigenvalue weighted by Crippen LogP contribution is 2.60. The molecule has 0 spiro atoms. The number of hydrogen-bond donors (Lipinski definition) is 0. The zero-order valence-electron chi connectivity index (χ0n) is 13.2. The van der Waals surface area contributed by atoms with E-state index in [1.165, 1.54) is 44.7 Å². The van der Waals surface area contributed by atoms with Gasteiger partial charge in [-0.25, -0.2) is 0 Å². The molecule has 0 aromatic carbocycles. The molecular weight excluding hydrogens is 276 g/mol. The molecule has 1 heterocycles. The summed E-state index contributed by atoms with van der Waals surface area (Å²) in [5.41, 5.74) is 0.552. The fourth-order valence-corrected chi connectivity index (χ4v) is 5.85. The van der Waals surface area contributed by atoms with Crippen LogP contribution in [0.5, 0.6) is 0 Å². The van der Waals surface area contributed by atoms with E-state index >= 15 is 0 Å². The van der Waals surface area contributed by atoms with Crippen LogP contribution >= 0.6 is 0 Å². The fourth-order valence-electron chi connectivity index (χ4n) is 5.85. The third-order valence-electron chi connectivity index (χ3n) is 6.13. The van der Waals surface area contributed by atoms with Crippen LogP contribution in [0.25, 0.3) is 0 Å². The number of aromatic nitrogens is 1. The normalized spacial score (nSPS) is 35.6. The van der Waals surface area contributed by atoms with Crippen molar-refractivity contribution in [2.45, 2.75) is 38.5 Å². The van der Waals surface area contributed by atoms with Crippen LogP contribution in [-0.2, 0) is 0 Å². The first kappa shape index (κ1) is 14.0. The number of hydrogen-bond acceptors (Lipinski definition) is 2. The first-order valence-electron chi connectivity index (χ1n) is 8.48. The molecule has 0 aliphatic heterocycles. The second-order valence-electron chi connectivity index (χ2n) is 7.99. The van der Waals surface area contributed by atoms with E-state index in [1.807, 2.05) is 7.05 Å². The standard InChI is InChI=1S/C18H24N2O2/c1-19(17(21)16-4-2-3-5-20(16)22)12-18-9-13-6-14(10-18)8-15(7-13)11-18/h2-5,13-15H,6-12H2,1H3. The van der Waals surface area contributed by atoms with Crippen LogP contribution in [0.2, 0.25) is 0 Å². The maximum absolute atomic E-state index is 12.6. The van der Waals surface area contributed by atoms with Crippen molar-refractivity contribution in [1.29, 1.82) is 0 Å². The Morgan fingerprint density at radius 3 is 2.36 bits per heavy atom. The van der Waals surface area contributed by atoms with Gasteiger partial charge < -0.3 is 10.1 Å². The van der Waals surface area contributed by atoms with Crippen LogP contribution < -0.4 is 4.73 Å². The van der Waals surface area contributed by atoms with Gasteiger partial charge >= 0.3 is 5.91 Å². The molecule has 4 aliphatic rings. The van der Waals surface area contributed by atoms with Crippen LogP contribution in [0.3, 0.4) is 0 Å². The van der Waals surface area contributed by atoms with Crippen LogP contribution in [0.4, 0.5) is 0 Å². The minimum atomic E-state index is -0.147. The van der Waals surface area contributed by atoms with Gasteiger partial charge in [-0.3, -0.25) is 4.79 Å². The Morgan fingerprint density at radius 1 is 1.23 bits per heavy atom. The van der Waals surface area contributed by atoms with Gasteiger partial charge in [-0.15, -0.1) is 0 Å². The van der Waals surface area contributed by atoms with Gasteiger partial charge in [0.05, 0.1) is 0 Å². The minimum Gasteiger partial charge on any atom is -0.618 e. The Bertz CT molecular complexity index is 563. The molecule has 1 aromatic rings. The average Bonchev–Trinajstić information content (AvgIpc) is 2.45. The molecule has 4 heteroatoms. The van der Waals surface area contributed by atoms with Crippen molar-refractivity contribution in [2.75, 3.05) is 13.6 Å². The molecule has 1 amide bonds. The quantitative estimate of drug-likeness (QED) is 0.636. The predicted octanol–water partition coefficient (Wildman–Crippen LogP) is 2.61. The van der Waals surface area contributed by atoms with Crippen molar-refractivity contribution in [3.05, 3.63) is 35.3 Å². The monoisotopic (exact) mass is 300 g/mol. The first-order valence-corrected chi connectivity index (χ1v) is 8.48. The summed E-state index contributed by atoms with van der Waals surface area (Å²) < 4.78 is 0.679. The highest BCUT2D eigenvalue weighted by Gasteiger charge is 2.51. The third-order valence-corrected chi connectivity index (χ3v) is 6.13. The van der Waals surface area contributed by atoms with Crippen molar-refractivity contribution in [3.63, 3.8) is 0 Å². The predicted molar refractivity (Wildman–Crippen MR) is 83.0 cm³/mol. The third kappa shape index (κ3) is 2.29. The molecule has 0 radical (unpaired) electrons. The molecule has 0 unspecified atom stereocenters. The van der Waals surface area contributed by atoms with Crippen molar-refractivity contribution >= 4 is 5.91 Å². The molecule has 4 bridgehead atoms. The van der Waals surface area contributed by atoms with Crippen LogP contribution in [-0.4, -0.2) is 24.4 Å². The number of carbonyl (C=O) groups excluding carboxylic acids is 1. The molecule has 1 aromatic heterocycles. The fraction of sp³-hybridized carbons (Fsp3) is 0.667. The van der Waals surface area contributed by atoms with Gasteiger partial charge in [0.1, 0.15) is 0 Å². The molecule has 4 saturated carbocycles. The SMILES string of the molecule is CN(CC12CC3CC(CC(C3)C1)C2)C(=O)c1cccc[n+]1[O-]. The van der Waals surface area contributed by atoms with Crippen molar-refractivity contribution in [3.8, 4) is 0 Å². The van der Waals surface area contributed by atoms with E-state index in [2.05, 4.69) is 0 Å². The summed E-state index contributed by atoms with van der Waals surface area (Å²) in [4.78, 5) is 14.4. The molecule has 4 fully saturated rings. The number of pyridine rings is 1. The van der Waals surface area contributed by atoms with Crippen LogP contribution in [0, 0.1) is 28.4 Å². The lowest BCUT2D eigenvalue weighted by Crippen LogP contribution is -2.52. The molecular formula is C18H24N2O2. The highest BCUT2D eigenvalue weighted by molar-refractivity contribution is 5.90. The number of carbonyl (C=O) groups is 1. The van der Waals surface area contributed by atoms with Gasteiger partial charge in [-0.2, -0.15) is 4.73 Å². The number of amides is 1. The van der Waals surface area contributed by atoms with E-state index < -0.39 is 0 Å². The molecule has 22 heavy (non-hydrogen) atoms. The molecule has 0 atom stereocenters. The van der Waals surface area contributed by atoms with Gasteiger partial charge in [-0.1, -0.05) is 0 Å². The maximum atomic E-state index is 12.6. The van der Waals surface area contributed by atoms with Gasteiger partial charge in [0.25, 0.3) is 5.69 Å². The van der Waals surface area contributed by atoms with E-state index in [0.717, 1.165) is 24.3 Å². The summed E-state index contributed by atoms with van der Waals surface area (Å²) in [6, 6.07) is 5.02. The van der Waals surface area contributed by atoms with Crippen LogP contribution in [0.15, 0.2) is 24.4 Å². The van der Waals surface area contributed by atoms with E-state index in [1.54, 1.807) is 23.1 Å². The molecule has 0 N–H and O–H groups in total. The van der Waals surface area contributed by atoms with E-state index in [4.69, 9.17) is 0 Å². The Labute approximate surface area is 131 Å². The second kappa shape index (κ2) is 4.97. The highest BCUT2D eigenvalue weighted by atomic mass is 16.5. The largest absolute Gasteiger partial charge is 0.618 e. The molecule has 4 aliphatic carbocycles. The lowest BCUT2D eigenvalue weighted by atomic mass is 9.49. The van der Waals surface area contributed by atoms with Crippen molar-refractivity contribution < 1.29 is 9.52 Å². The number of rotatable bonds is 3. The maximum Gasteiger partial charge on any atom is 0.319 e. The Hall–Kier alpha value is -1.58. The average molecular weight is 300 g/mol. The minimum absolute atomic E-state index is 0.147. The van der Waals surface area contributed by atoms with Gasteiger partial charge in [0.15, 0.2) is 6.20 Å². The molecule has 0 saturated heterocycles. The van der Waals surface area contributed by atoms with E-state index in [-0.39, 0.29) is 11.6 Å². The topological polar surface area (TPSA) is 47.2 Å². The number of nitrogens with zero attached hydrogens (tertiary/aromatic N) is 2. The van der Waals surface area contributed by atoms with Crippen molar-refractivity contribution in [1.82, 2.24) is 4.90 Å². The van der Waals surface area contributed by atoms with E-state index in [0.29, 0.717) is 10.1 Å². The summed E-state index contributed by atoms with van der Waals surface area (Å²) in [5, 5.41) is 11.8. The zero-order valence-corrected chi connectivity index (χ0v) is 13.2.